The fourth-order valence-electron chi connectivity index (χ4n) is 1.07. The summed E-state index contributed by atoms with van der Waals surface area (Å²) in [7, 11) is 9.63. The van der Waals surface area contributed by atoms with Crippen molar-refractivity contribution in [3.8, 4) is 0 Å². The molecule has 12 heavy (non-hydrogen) atoms. The number of halogens is 2. The molecule has 0 unspecified atom stereocenters. The van der Waals surface area contributed by atoms with E-state index in [9.17, 15) is 0 Å². The minimum Gasteiger partial charge on any atom is -0.271 e. The first-order valence-corrected chi connectivity index (χ1v) is 8.06. The molecule has 0 amide bonds. The fourth-order valence-corrected chi connectivity index (χ4v) is 2.32. The Labute approximate surface area is 86.4 Å². The summed E-state index contributed by atoms with van der Waals surface area (Å²) in [5.74, 6) is 0.780. The first-order valence-electron chi connectivity index (χ1n) is 4.54. The summed E-state index contributed by atoms with van der Waals surface area (Å²) >= 11 is 0. The van der Waals surface area contributed by atoms with Crippen LogP contribution in [-0.2, 0) is 0 Å². The van der Waals surface area contributed by atoms with Crippen molar-refractivity contribution in [3.05, 3.63) is 0 Å². The molecule has 0 aliphatic heterocycles. The van der Waals surface area contributed by atoms with Gasteiger partial charge in [-0.15, -0.1) is 0 Å². The summed E-state index contributed by atoms with van der Waals surface area (Å²) < 4.78 is 0. The average molecular weight is 232 g/mol. The minimum atomic E-state index is -1.77. The molecule has 0 aliphatic carbocycles. The predicted molar refractivity (Wildman–Crippen MR) is 61.7 cm³/mol. The number of rotatable bonds is 7. The Morgan fingerprint density at radius 2 is 1.50 bits per heavy atom. The summed E-state index contributed by atoms with van der Waals surface area (Å²) in [6, 6.07) is 0. The normalized spacial score (nSPS) is 13.3. The van der Waals surface area contributed by atoms with E-state index in [0.717, 1.165) is 12.2 Å². The molecule has 0 spiro atoms. The third-order valence-electron chi connectivity index (χ3n) is 1.77. The second kappa shape index (κ2) is 7.31. The lowest BCUT2D eigenvalue weighted by molar-refractivity contribution is 0.627. The van der Waals surface area contributed by atoms with Crippen molar-refractivity contribution >= 4 is 30.0 Å². The highest BCUT2D eigenvalue weighted by Gasteiger charge is 2.08. The molecule has 0 saturated heterocycles. The Morgan fingerprint density at radius 3 is 2.00 bits per heavy atom. The lowest BCUT2D eigenvalue weighted by Gasteiger charge is -2.17. The van der Waals surface area contributed by atoms with Crippen LogP contribution in [0.2, 0.25) is 0 Å². The molecule has 0 aromatic rings. The monoisotopic (exact) mass is 231 g/mol. The van der Waals surface area contributed by atoms with E-state index < -0.39 is 8.64 Å². The van der Waals surface area contributed by atoms with E-state index in [1.165, 1.54) is 32.1 Å². The van der Waals surface area contributed by atoms with Crippen molar-refractivity contribution in [3.63, 3.8) is 0 Å². The van der Waals surface area contributed by atoms with Gasteiger partial charge in [-0.25, -0.2) is 0 Å². The highest BCUT2D eigenvalue weighted by Crippen LogP contribution is 2.50. The molecule has 76 valence electrons. The Morgan fingerprint density at radius 1 is 1.00 bits per heavy atom. The van der Waals surface area contributed by atoms with Gasteiger partial charge in [0.15, 0.2) is 0 Å². The van der Waals surface area contributed by atoms with E-state index in [-0.39, 0.29) is 0 Å². The largest absolute Gasteiger partial charge is 0.271 e. The Hall–Kier alpha value is 0.890. The molecule has 0 radical (unpaired) electrons. The van der Waals surface area contributed by atoms with Crippen LogP contribution in [0.4, 0.5) is 0 Å². The number of unbranched alkanes of at least 4 members (excludes halogenated alkanes) is 5. The second-order valence-corrected chi connectivity index (χ2v) is 8.52. The number of hydrogen-bond donors (Lipinski definition) is 1. The summed E-state index contributed by atoms with van der Waals surface area (Å²) in [6.45, 7) is 2.21. The van der Waals surface area contributed by atoms with E-state index in [4.69, 9.17) is 26.5 Å². The van der Waals surface area contributed by atoms with Gasteiger partial charge in [-0.05, 0) is 36.4 Å². The van der Waals surface area contributed by atoms with Crippen molar-refractivity contribution in [2.24, 2.45) is 5.14 Å². The van der Waals surface area contributed by atoms with Crippen LogP contribution < -0.4 is 5.14 Å². The predicted octanol–water partition coefficient (Wildman–Crippen LogP) is 4.33. The number of nitrogens with two attached hydrogens (primary N) is 1. The molecule has 0 aromatic carbocycles. The van der Waals surface area contributed by atoms with Gasteiger partial charge in [0.05, 0.1) is 0 Å². The van der Waals surface area contributed by atoms with Gasteiger partial charge < -0.3 is 0 Å². The summed E-state index contributed by atoms with van der Waals surface area (Å²) in [6.07, 6.45) is 7.53. The third-order valence-corrected chi connectivity index (χ3v) is 3.53. The molecular formula is C8H19Cl2NS. The molecule has 0 saturated carbocycles. The maximum absolute atomic E-state index is 5.70. The molecule has 0 atom stereocenters. The van der Waals surface area contributed by atoms with E-state index in [2.05, 4.69) is 6.92 Å². The van der Waals surface area contributed by atoms with Gasteiger partial charge in [0.1, 0.15) is 0 Å². The maximum atomic E-state index is 5.70. The maximum Gasteiger partial charge on any atom is 0.0155 e. The van der Waals surface area contributed by atoms with Gasteiger partial charge in [-0.1, -0.05) is 39.0 Å². The van der Waals surface area contributed by atoms with Crippen LogP contribution in [0.25, 0.3) is 0 Å². The van der Waals surface area contributed by atoms with Gasteiger partial charge in [0.25, 0.3) is 0 Å². The lowest BCUT2D eigenvalue weighted by Crippen LogP contribution is -2.00. The Balaban J connectivity index is 3.01. The standard InChI is InChI=1S/C8H19Cl2NS/c1-2-3-4-5-6-7-8-12(9,10)11/h2-8,11H2,1H3. The first-order chi connectivity index (χ1) is 5.56. The molecule has 0 heterocycles. The van der Waals surface area contributed by atoms with E-state index in [0.29, 0.717) is 0 Å². The summed E-state index contributed by atoms with van der Waals surface area (Å²) in [5, 5.41) is 5.49. The first kappa shape index (κ1) is 12.9. The molecule has 2 N–H and O–H groups in total. The smallest absolute Gasteiger partial charge is 0.0155 e. The van der Waals surface area contributed by atoms with Crippen molar-refractivity contribution in [1.29, 1.82) is 0 Å². The quantitative estimate of drug-likeness (QED) is 0.649. The van der Waals surface area contributed by atoms with Crippen LogP contribution >= 0.6 is 30.0 Å². The van der Waals surface area contributed by atoms with Crippen molar-refractivity contribution in [2.75, 3.05) is 5.75 Å². The Bertz CT molecular complexity index is 104. The van der Waals surface area contributed by atoms with Gasteiger partial charge in [0.2, 0.25) is 0 Å². The highest BCUT2D eigenvalue weighted by molar-refractivity contribution is 8.64. The lowest BCUT2D eigenvalue weighted by atomic mass is 10.1. The van der Waals surface area contributed by atoms with Crippen LogP contribution in [0.5, 0.6) is 0 Å². The average Bonchev–Trinajstić information content (AvgIpc) is 1.94. The molecule has 0 aliphatic rings. The van der Waals surface area contributed by atoms with Gasteiger partial charge in [0, 0.05) is 5.75 Å². The molecule has 0 bridgehead atoms. The molecule has 0 fully saturated rings. The van der Waals surface area contributed by atoms with Crippen LogP contribution in [-0.4, -0.2) is 5.75 Å². The van der Waals surface area contributed by atoms with Crippen LogP contribution in [0, 0.1) is 0 Å². The van der Waals surface area contributed by atoms with Crippen molar-refractivity contribution in [2.45, 2.75) is 45.4 Å². The third kappa shape index (κ3) is 10.9. The molecule has 1 nitrogen and oxygen atoms in total. The zero-order valence-electron chi connectivity index (χ0n) is 7.69. The Kier molecular flexibility index (Phi) is 7.85. The second-order valence-electron chi connectivity index (χ2n) is 3.09. The van der Waals surface area contributed by atoms with Gasteiger partial charge >= 0.3 is 0 Å². The van der Waals surface area contributed by atoms with Crippen LogP contribution in [0.3, 0.4) is 0 Å². The van der Waals surface area contributed by atoms with E-state index in [1.54, 1.807) is 0 Å². The summed E-state index contributed by atoms with van der Waals surface area (Å²) in [5.41, 5.74) is 0. The fraction of sp³-hybridized carbons (Fsp3) is 1.00. The van der Waals surface area contributed by atoms with Crippen LogP contribution in [0.1, 0.15) is 45.4 Å². The van der Waals surface area contributed by atoms with Crippen molar-refractivity contribution < 1.29 is 0 Å². The zero-order chi connectivity index (χ0) is 9.45. The van der Waals surface area contributed by atoms with Crippen molar-refractivity contribution in [1.82, 2.24) is 0 Å². The molecular weight excluding hydrogens is 213 g/mol. The van der Waals surface area contributed by atoms with Crippen LogP contribution in [0.15, 0.2) is 0 Å². The van der Waals surface area contributed by atoms with E-state index in [1.807, 2.05) is 0 Å². The zero-order valence-corrected chi connectivity index (χ0v) is 10.0. The highest BCUT2D eigenvalue weighted by atomic mass is 36.0. The number of hydrogen-bond acceptors (Lipinski definition) is 1. The topological polar surface area (TPSA) is 26.0 Å². The summed E-state index contributed by atoms with van der Waals surface area (Å²) in [4.78, 5) is 0. The molecule has 0 aromatic heterocycles. The molecule has 0 rings (SSSR count). The van der Waals surface area contributed by atoms with Gasteiger partial charge in [-0.3, -0.25) is 5.14 Å². The van der Waals surface area contributed by atoms with Gasteiger partial charge in [-0.2, -0.15) is 0 Å². The SMILES string of the molecule is CCCCCCCCS(N)(Cl)Cl. The minimum absolute atomic E-state index is 0.780. The van der Waals surface area contributed by atoms with E-state index >= 15 is 0 Å². The molecule has 4 heteroatoms.